The molecule has 12 heteroatoms. The summed E-state index contributed by atoms with van der Waals surface area (Å²) in [6.45, 7) is -0.515. The smallest absolute Gasteiger partial charge is 0.326 e. The molecule has 210 valence electrons. The highest BCUT2D eigenvalue weighted by Gasteiger charge is 2.40. The number of aromatic hydroxyl groups is 1. The number of aliphatic carboxylic acids is 1. The van der Waals surface area contributed by atoms with Gasteiger partial charge in [0.25, 0.3) is 11.8 Å². The lowest BCUT2D eigenvalue weighted by molar-refractivity contribution is -0.142. The van der Waals surface area contributed by atoms with Crippen LogP contribution in [0.1, 0.15) is 37.1 Å². The van der Waals surface area contributed by atoms with Crippen molar-refractivity contribution in [2.24, 2.45) is 11.8 Å². The minimum atomic E-state index is -1.20. The van der Waals surface area contributed by atoms with E-state index in [2.05, 4.69) is 20.6 Å². The van der Waals surface area contributed by atoms with Crippen molar-refractivity contribution in [2.75, 3.05) is 6.61 Å². The number of hydrogen-bond donors (Lipinski definition) is 5. The summed E-state index contributed by atoms with van der Waals surface area (Å²) < 4.78 is 11.4. The largest absolute Gasteiger partial charge is 0.504 e. The minimum absolute atomic E-state index is 0.0202. The average Bonchev–Trinajstić information content (AvgIpc) is 3.74. The molecule has 2 aromatic heterocycles. The summed E-state index contributed by atoms with van der Waals surface area (Å²) in [5, 5.41) is 25.1. The molecule has 5 rings (SSSR count). The van der Waals surface area contributed by atoms with Crippen LogP contribution >= 0.6 is 12.2 Å². The van der Waals surface area contributed by atoms with Crippen LogP contribution in [-0.4, -0.2) is 61.5 Å². The zero-order valence-corrected chi connectivity index (χ0v) is 22.4. The number of aromatic nitrogens is 2. The van der Waals surface area contributed by atoms with Crippen molar-refractivity contribution in [3.8, 4) is 22.8 Å². The van der Waals surface area contributed by atoms with E-state index in [0.29, 0.717) is 28.7 Å². The van der Waals surface area contributed by atoms with Crippen LogP contribution in [-0.2, 0) is 27.2 Å². The van der Waals surface area contributed by atoms with Gasteiger partial charge in [0.1, 0.15) is 17.6 Å². The average molecular weight is 567 g/mol. The third-order valence-electron chi connectivity index (χ3n) is 7.52. The number of aromatic amines is 1. The van der Waals surface area contributed by atoms with Crippen LogP contribution in [0.25, 0.3) is 11.3 Å². The molecule has 1 aromatic carbocycles. The number of hydrogen-bond acceptors (Lipinski definition) is 8. The number of nitrogens with one attached hydrogen (secondary N) is 3. The number of carbonyl (C=O) groups excluding carboxylic acids is 2. The molecule has 0 spiro atoms. The van der Waals surface area contributed by atoms with E-state index < -0.39 is 24.5 Å². The number of fused-ring (bicyclic) bond motifs is 2. The fourth-order valence-corrected chi connectivity index (χ4v) is 5.72. The number of imidazole rings is 1. The summed E-state index contributed by atoms with van der Waals surface area (Å²) in [6.07, 6.45) is 7.75. The number of carboxylic acids is 1. The second-order valence-electron chi connectivity index (χ2n) is 10.3. The first kappa shape index (κ1) is 27.4. The molecule has 40 heavy (non-hydrogen) atoms. The van der Waals surface area contributed by atoms with E-state index in [9.17, 15) is 24.6 Å². The molecule has 0 aliphatic heterocycles. The predicted octanol–water partition coefficient (Wildman–Crippen LogP) is 2.78. The molecule has 3 aromatic rings. The second kappa shape index (κ2) is 11.9. The molecule has 4 atom stereocenters. The fourth-order valence-electron chi connectivity index (χ4n) is 5.52. The molecule has 2 saturated carbocycles. The van der Waals surface area contributed by atoms with Crippen LogP contribution < -0.4 is 15.4 Å². The Hall–Kier alpha value is -4.19. The van der Waals surface area contributed by atoms with E-state index in [1.165, 1.54) is 43.9 Å². The first-order valence-electron chi connectivity index (χ1n) is 13.1. The van der Waals surface area contributed by atoms with Crippen LogP contribution in [0.15, 0.2) is 47.3 Å². The molecule has 0 saturated heterocycles. The van der Waals surface area contributed by atoms with Crippen LogP contribution in [0.3, 0.4) is 0 Å². The third kappa shape index (κ3) is 6.50. The van der Waals surface area contributed by atoms with E-state index in [0.717, 1.165) is 12.3 Å². The number of carboxylic acid groups (broad SMARTS) is 1. The van der Waals surface area contributed by atoms with E-state index in [4.69, 9.17) is 21.4 Å². The number of phenolic OH excluding ortho intramolecular Hbond substituents is 1. The van der Waals surface area contributed by atoms with E-state index in [1.54, 1.807) is 18.2 Å². The fraction of sp³-hybridized carbons (Fsp3) is 0.393. The van der Waals surface area contributed by atoms with Gasteiger partial charge in [-0.1, -0.05) is 18.6 Å². The van der Waals surface area contributed by atoms with E-state index in [1.807, 2.05) is 0 Å². The van der Waals surface area contributed by atoms with Crippen molar-refractivity contribution in [3.05, 3.63) is 54.3 Å². The first-order valence-corrected chi connectivity index (χ1v) is 13.5. The zero-order chi connectivity index (χ0) is 28.2. The van der Waals surface area contributed by atoms with Crippen LogP contribution in [0, 0.1) is 11.8 Å². The Bertz CT molecular complexity index is 1400. The standard InChI is InChI=1S/C28H30N4O7S/c33-22-5-3-17(9-24(22)38-13-26(34)31-21(28(36)37)10-18-12-29-14-30-18)23-6-4-19(39-23)11-25(40)27(35)32-20-8-15-1-2-16(20)7-15/h3-6,9,12,14-16,20-21,33H,1-2,7-8,10-11,13H2,(H,29,30)(H,31,34)(H,32,35)(H,36,37). The summed E-state index contributed by atoms with van der Waals surface area (Å²) in [7, 11) is 0. The quantitative estimate of drug-likeness (QED) is 0.207. The van der Waals surface area contributed by atoms with Gasteiger partial charge < -0.3 is 35.0 Å². The van der Waals surface area contributed by atoms with Gasteiger partial charge in [0.15, 0.2) is 18.1 Å². The maximum absolute atomic E-state index is 12.6. The maximum Gasteiger partial charge on any atom is 0.326 e. The summed E-state index contributed by atoms with van der Waals surface area (Å²) >= 11 is 5.38. The number of H-pyrrole nitrogens is 1. The van der Waals surface area contributed by atoms with Crippen molar-refractivity contribution >= 4 is 34.9 Å². The molecule has 2 bridgehead atoms. The lowest BCUT2D eigenvalue weighted by Gasteiger charge is -2.22. The van der Waals surface area contributed by atoms with E-state index >= 15 is 0 Å². The highest BCUT2D eigenvalue weighted by atomic mass is 32.1. The summed E-state index contributed by atoms with van der Waals surface area (Å²) in [4.78, 5) is 43.4. The number of furan rings is 1. The van der Waals surface area contributed by atoms with Gasteiger partial charge in [-0.3, -0.25) is 9.59 Å². The van der Waals surface area contributed by atoms with Gasteiger partial charge in [0.05, 0.1) is 11.2 Å². The monoisotopic (exact) mass is 566 g/mol. The molecular formula is C28H30N4O7S. The number of carbonyl (C=O) groups is 3. The molecule has 11 nitrogen and oxygen atoms in total. The molecule has 2 amide bonds. The second-order valence-corrected chi connectivity index (χ2v) is 10.8. The van der Waals surface area contributed by atoms with Gasteiger partial charge in [-0.15, -0.1) is 0 Å². The summed E-state index contributed by atoms with van der Waals surface area (Å²) in [5.41, 5.74) is 1.12. The van der Waals surface area contributed by atoms with Crippen molar-refractivity contribution in [2.45, 2.75) is 50.6 Å². The molecule has 2 fully saturated rings. The SMILES string of the molecule is O=C(COc1cc(-c2ccc(CC(=S)C(=O)NC3CC4CCC3C4)o2)ccc1O)NC(Cc1cnc[nH]1)C(=O)O. The van der Waals surface area contributed by atoms with Gasteiger partial charge in [0, 0.05) is 36.3 Å². The molecule has 5 N–H and O–H groups in total. The number of ether oxygens (including phenoxy) is 1. The number of thiocarbonyl (C=S) groups is 1. The maximum atomic E-state index is 12.6. The Morgan fingerprint density at radius 2 is 2.05 bits per heavy atom. The van der Waals surface area contributed by atoms with Crippen molar-refractivity contribution in [1.29, 1.82) is 0 Å². The predicted molar refractivity (Wildman–Crippen MR) is 147 cm³/mol. The Morgan fingerprint density at radius 3 is 2.75 bits per heavy atom. The number of nitrogens with zero attached hydrogens (tertiary/aromatic N) is 1. The number of rotatable bonds is 12. The highest BCUT2D eigenvalue weighted by molar-refractivity contribution is 7.82. The van der Waals surface area contributed by atoms with Gasteiger partial charge in [0.2, 0.25) is 0 Å². The van der Waals surface area contributed by atoms with Gasteiger partial charge >= 0.3 is 5.97 Å². The molecule has 2 heterocycles. The molecular weight excluding hydrogens is 536 g/mol. The van der Waals surface area contributed by atoms with Crippen LogP contribution in [0.4, 0.5) is 0 Å². The third-order valence-corrected chi connectivity index (χ3v) is 7.85. The number of benzene rings is 1. The van der Waals surface area contributed by atoms with E-state index in [-0.39, 0.29) is 41.2 Å². The summed E-state index contributed by atoms with van der Waals surface area (Å²) in [5.74, 6) is -0.0114. The van der Waals surface area contributed by atoms with Crippen LogP contribution in [0.5, 0.6) is 11.5 Å². The van der Waals surface area contributed by atoms with Crippen molar-refractivity contribution in [3.63, 3.8) is 0 Å². The molecule has 4 unspecified atom stereocenters. The van der Waals surface area contributed by atoms with Gasteiger partial charge in [-0.2, -0.15) is 0 Å². The number of amides is 2. The van der Waals surface area contributed by atoms with Gasteiger partial charge in [-0.05, 0) is 61.4 Å². The minimum Gasteiger partial charge on any atom is -0.504 e. The van der Waals surface area contributed by atoms with Crippen molar-refractivity contribution in [1.82, 2.24) is 20.6 Å². The Morgan fingerprint density at radius 1 is 1.20 bits per heavy atom. The lowest BCUT2D eigenvalue weighted by Crippen LogP contribution is -2.44. The van der Waals surface area contributed by atoms with Crippen LogP contribution in [0.2, 0.25) is 0 Å². The molecule has 2 aliphatic rings. The normalized spacial score (nSPS) is 20.1. The Labute approximate surface area is 235 Å². The Balaban J connectivity index is 1.15. The Kier molecular flexibility index (Phi) is 8.15. The molecule has 0 radical (unpaired) electrons. The molecule has 2 aliphatic carbocycles. The highest BCUT2D eigenvalue weighted by Crippen LogP contribution is 2.44. The zero-order valence-electron chi connectivity index (χ0n) is 21.6. The first-order chi connectivity index (χ1) is 19.2. The van der Waals surface area contributed by atoms with Gasteiger partial charge in [-0.25, -0.2) is 9.78 Å². The lowest BCUT2D eigenvalue weighted by atomic mass is 9.95. The summed E-state index contributed by atoms with van der Waals surface area (Å²) in [6, 6.07) is 7.01. The number of phenols is 1. The topological polar surface area (TPSA) is 167 Å². The van der Waals surface area contributed by atoms with Crippen molar-refractivity contribution < 1.29 is 33.8 Å².